The second-order valence-electron chi connectivity index (χ2n) is 11.5. The number of amides is 3. The highest BCUT2D eigenvalue weighted by atomic mass is 19.4. The lowest BCUT2D eigenvalue weighted by Gasteiger charge is -2.38. The number of ether oxygens (including phenoxy) is 1. The third-order valence-corrected chi connectivity index (χ3v) is 8.39. The molecule has 3 heterocycles. The Bertz CT molecular complexity index is 1910. The number of aromatic nitrogens is 2. The number of hydrogen-bond acceptors (Lipinski definition) is 6. The summed E-state index contributed by atoms with van der Waals surface area (Å²) in [5.74, 6) is 3.34. The predicted octanol–water partition coefficient (Wildman–Crippen LogP) is 4.46. The SMILES string of the molecule is CCN1C(=O)[C@H](NC(=O)c2cccc(C(F)(F)F)c2)[C@@H](c2cccc(NC(=O)C#CCN3CCOCC3)c2)c2cnn(-c3ccccc3)c21. The molecule has 0 aliphatic carbocycles. The summed E-state index contributed by atoms with van der Waals surface area (Å²) in [5.41, 5.74) is 1.06. The quantitative estimate of drug-likeness (QED) is 0.281. The van der Waals surface area contributed by atoms with Crippen LogP contribution in [0.5, 0.6) is 0 Å². The zero-order valence-corrected chi connectivity index (χ0v) is 26.5. The fourth-order valence-electron chi connectivity index (χ4n) is 6.04. The molecule has 0 unspecified atom stereocenters. The molecule has 49 heavy (non-hydrogen) atoms. The molecule has 4 aromatic rings. The zero-order valence-electron chi connectivity index (χ0n) is 26.5. The number of nitrogens with zero attached hydrogens (tertiary/aromatic N) is 4. The van der Waals surface area contributed by atoms with E-state index in [0.717, 1.165) is 31.3 Å². The third kappa shape index (κ3) is 7.35. The predicted molar refractivity (Wildman–Crippen MR) is 176 cm³/mol. The van der Waals surface area contributed by atoms with Gasteiger partial charge in [-0.25, -0.2) is 4.68 Å². The van der Waals surface area contributed by atoms with Gasteiger partial charge in [-0.2, -0.15) is 18.3 Å². The molecule has 1 saturated heterocycles. The number of fused-ring (bicyclic) bond motifs is 1. The minimum Gasteiger partial charge on any atom is -0.379 e. The fraction of sp³-hybridized carbons (Fsp3) is 0.278. The van der Waals surface area contributed by atoms with Crippen molar-refractivity contribution in [3.05, 3.63) is 107 Å². The maximum atomic E-state index is 14.3. The van der Waals surface area contributed by atoms with E-state index in [1.807, 2.05) is 30.3 Å². The smallest absolute Gasteiger partial charge is 0.379 e. The van der Waals surface area contributed by atoms with Crippen LogP contribution in [0, 0.1) is 11.8 Å². The first-order valence-corrected chi connectivity index (χ1v) is 15.8. The van der Waals surface area contributed by atoms with Crippen molar-refractivity contribution < 1.29 is 32.3 Å². The van der Waals surface area contributed by atoms with Crippen LogP contribution < -0.4 is 15.5 Å². The molecule has 6 rings (SSSR count). The molecule has 0 radical (unpaired) electrons. The molecule has 2 atom stereocenters. The molecule has 2 N–H and O–H groups in total. The van der Waals surface area contributed by atoms with Gasteiger partial charge in [0.15, 0.2) is 0 Å². The number of rotatable bonds is 7. The highest BCUT2D eigenvalue weighted by molar-refractivity contribution is 6.06. The summed E-state index contributed by atoms with van der Waals surface area (Å²) in [6, 6.07) is 18.9. The molecule has 1 fully saturated rings. The second-order valence-corrected chi connectivity index (χ2v) is 11.5. The number of carbonyl (C=O) groups is 3. The van der Waals surface area contributed by atoms with Gasteiger partial charge in [0.05, 0.1) is 37.2 Å². The summed E-state index contributed by atoms with van der Waals surface area (Å²) in [6.07, 6.45) is -3.04. The molecule has 3 amide bonds. The van der Waals surface area contributed by atoms with E-state index >= 15 is 0 Å². The monoisotopic (exact) mass is 670 g/mol. The minimum absolute atomic E-state index is 0.228. The molecule has 13 heteroatoms. The van der Waals surface area contributed by atoms with Crippen molar-refractivity contribution in [3.8, 4) is 17.5 Å². The average molecular weight is 671 g/mol. The van der Waals surface area contributed by atoms with Crippen LogP contribution in [0.1, 0.15) is 39.9 Å². The molecular formula is C36H33F3N6O4. The van der Waals surface area contributed by atoms with E-state index in [1.54, 1.807) is 42.1 Å². The maximum Gasteiger partial charge on any atom is 0.416 e. The average Bonchev–Trinajstić information content (AvgIpc) is 3.53. The number of halogens is 3. The summed E-state index contributed by atoms with van der Waals surface area (Å²) in [7, 11) is 0. The number of para-hydroxylation sites is 1. The Morgan fingerprint density at radius 3 is 2.49 bits per heavy atom. The normalized spacial score (nSPS) is 17.9. The number of anilines is 2. The summed E-state index contributed by atoms with van der Waals surface area (Å²) >= 11 is 0. The van der Waals surface area contributed by atoms with Gasteiger partial charge in [-0.05, 0) is 60.9 Å². The Hall–Kier alpha value is -5.45. The molecule has 2 aliphatic heterocycles. The van der Waals surface area contributed by atoms with E-state index in [-0.39, 0.29) is 12.1 Å². The largest absolute Gasteiger partial charge is 0.416 e. The van der Waals surface area contributed by atoms with Crippen molar-refractivity contribution in [2.45, 2.75) is 25.1 Å². The Morgan fingerprint density at radius 2 is 1.76 bits per heavy atom. The molecule has 1 aromatic heterocycles. The Balaban J connectivity index is 1.36. The lowest BCUT2D eigenvalue weighted by atomic mass is 9.82. The lowest BCUT2D eigenvalue weighted by Crippen LogP contribution is -2.55. The van der Waals surface area contributed by atoms with Gasteiger partial charge in [-0.3, -0.25) is 24.2 Å². The van der Waals surface area contributed by atoms with Crippen molar-refractivity contribution in [1.29, 1.82) is 0 Å². The van der Waals surface area contributed by atoms with Crippen LogP contribution in [0.25, 0.3) is 5.69 Å². The number of benzene rings is 3. The van der Waals surface area contributed by atoms with Crippen LogP contribution in [-0.2, 0) is 20.5 Å². The molecule has 0 spiro atoms. The van der Waals surface area contributed by atoms with Gasteiger partial charge in [0.1, 0.15) is 11.9 Å². The van der Waals surface area contributed by atoms with Gasteiger partial charge in [0.25, 0.3) is 17.7 Å². The summed E-state index contributed by atoms with van der Waals surface area (Å²) in [5, 5.41) is 10.1. The molecule has 0 bridgehead atoms. The molecule has 0 saturated carbocycles. The first kappa shape index (κ1) is 33.5. The number of morpholine rings is 1. The number of alkyl halides is 3. The number of carbonyl (C=O) groups excluding carboxylic acids is 3. The van der Waals surface area contributed by atoms with Crippen molar-refractivity contribution in [2.75, 3.05) is 49.6 Å². The number of hydrogen-bond donors (Lipinski definition) is 2. The Morgan fingerprint density at radius 1 is 1.00 bits per heavy atom. The number of likely N-dealkylation sites (N-methyl/N-ethyl adjacent to an activating group) is 1. The van der Waals surface area contributed by atoms with Crippen molar-refractivity contribution in [1.82, 2.24) is 20.0 Å². The summed E-state index contributed by atoms with van der Waals surface area (Å²) in [4.78, 5) is 44.1. The van der Waals surface area contributed by atoms with Crippen LogP contribution in [0.15, 0.2) is 85.1 Å². The first-order valence-electron chi connectivity index (χ1n) is 15.8. The second kappa shape index (κ2) is 14.3. The van der Waals surface area contributed by atoms with Crippen LogP contribution in [-0.4, -0.2) is 77.8 Å². The van der Waals surface area contributed by atoms with Gasteiger partial charge in [0.2, 0.25) is 0 Å². The standard InChI is InChI=1S/C36H33F3N6O4/c1-2-44-34-29(23-40-45(34)28-13-4-3-5-14-28)31(32(35(44)48)42-33(47)25-10-6-11-26(21-25)36(37,38)39)24-9-7-12-27(22-24)41-30(46)15-8-16-43-17-19-49-20-18-43/h3-7,9-14,21-23,31-32H,2,16-20H2,1H3,(H,41,46)(H,42,47)/t31-,32+/m0/s1. The van der Waals surface area contributed by atoms with Crippen molar-refractivity contribution in [3.63, 3.8) is 0 Å². The van der Waals surface area contributed by atoms with Crippen LogP contribution in [0.3, 0.4) is 0 Å². The van der Waals surface area contributed by atoms with Crippen molar-refractivity contribution in [2.24, 2.45) is 0 Å². The van der Waals surface area contributed by atoms with E-state index < -0.39 is 41.4 Å². The molecule has 10 nitrogen and oxygen atoms in total. The first-order chi connectivity index (χ1) is 23.6. The van der Waals surface area contributed by atoms with Gasteiger partial charge in [-0.15, -0.1) is 0 Å². The fourth-order valence-corrected chi connectivity index (χ4v) is 6.04. The highest BCUT2D eigenvalue weighted by Crippen LogP contribution is 2.42. The Kier molecular flexibility index (Phi) is 9.80. The van der Waals surface area contributed by atoms with Crippen LogP contribution >= 0.6 is 0 Å². The molecular weight excluding hydrogens is 637 g/mol. The lowest BCUT2D eigenvalue weighted by molar-refractivity contribution is -0.137. The minimum atomic E-state index is -4.66. The van der Waals surface area contributed by atoms with E-state index in [9.17, 15) is 27.6 Å². The van der Waals surface area contributed by atoms with Gasteiger partial charge < -0.3 is 15.4 Å². The van der Waals surface area contributed by atoms with Gasteiger partial charge >= 0.3 is 6.18 Å². The maximum absolute atomic E-state index is 14.3. The summed E-state index contributed by atoms with van der Waals surface area (Å²) < 4.78 is 47.4. The molecule has 2 aliphatic rings. The van der Waals surface area contributed by atoms with E-state index in [2.05, 4.69) is 32.5 Å². The van der Waals surface area contributed by atoms with Gasteiger partial charge in [0, 0.05) is 42.4 Å². The summed E-state index contributed by atoms with van der Waals surface area (Å²) in [6.45, 7) is 5.15. The van der Waals surface area contributed by atoms with E-state index in [1.165, 1.54) is 11.0 Å². The third-order valence-electron chi connectivity index (χ3n) is 8.39. The highest BCUT2D eigenvalue weighted by Gasteiger charge is 2.44. The Labute approximate surface area is 280 Å². The van der Waals surface area contributed by atoms with Crippen molar-refractivity contribution >= 4 is 29.2 Å². The molecule has 252 valence electrons. The van der Waals surface area contributed by atoms with E-state index in [0.29, 0.717) is 48.1 Å². The number of nitrogens with one attached hydrogen (secondary N) is 2. The molecule has 3 aromatic carbocycles. The van der Waals surface area contributed by atoms with Crippen LogP contribution in [0.4, 0.5) is 24.7 Å². The topological polar surface area (TPSA) is 109 Å². The van der Waals surface area contributed by atoms with Crippen LogP contribution in [0.2, 0.25) is 0 Å². The van der Waals surface area contributed by atoms with Gasteiger partial charge in [-0.1, -0.05) is 42.3 Å². The zero-order chi connectivity index (χ0) is 34.5. The van der Waals surface area contributed by atoms with E-state index in [4.69, 9.17) is 4.74 Å².